The average Bonchev–Trinajstić information content (AvgIpc) is 3.02. The fraction of sp³-hybridized carbons (Fsp3) is 0.125. The normalized spacial score (nSPS) is 11.3. The summed E-state index contributed by atoms with van der Waals surface area (Å²) >= 11 is 0. The molecule has 4 aromatic rings. The van der Waals surface area contributed by atoms with Gasteiger partial charge in [-0.1, -0.05) is 30.3 Å². The highest BCUT2D eigenvalue weighted by Gasteiger charge is 2.27. The van der Waals surface area contributed by atoms with E-state index in [-0.39, 0.29) is 24.0 Å². The minimum Gasteiger partial charge on any atom is -0.484 e. The van der Waals surface area contributed by atoms with Crippen molar-refractivity contribution in [2.45, 2.75) is 18.4 Å². The number of nitrogens with zero attached hydrogens (tertiary/aromatic N) is 2. The van der Waals surface area contributed by atoms with Crippen molar-refractivity contribution in [1.29, 1.82) is 0 Å². The monoisotopic (exact) mass is 631 g/mol. The van der Waals surface area contributed by atoms with Crippen molar-refractivity contribution in [1.82, 2.24) is 9.73 Å². The molecule has 0 aliphatic heterocycles. The van der Waals surface area contributed by atoms with Crippen molar-refractivity contribution in [2.24, 2.45) is 5.10 Å². The van der Waals surface area contributed by atoms with Crippen molar-refractivity contribution >= 4 is 45.3 Å². The Hall–Kier alpha value is -5.40. The molecular formula is C32H30FN5O6S. The zero-order valence-electron chi connectivity index (χ0n) is 24.1. The lowest BCUT2D eigenvalue weighted by Crippen LogP contribution is -2.39. The number of anilines is 2. The molecule has 0 atom stereocenters. The van der Waals surface area contributed by atoms with E-state index in [9.17, 15) is 27.2 Å². The highest BCUT2D eigenvalue weighted by molar-refractivity contribution is 7.89. The number of carbonyl (C=O) groups excluding carboxylic acids is 3. The summed E-state index contributed by atoms with van der Waals surface area (Å²) in [7, 11) is -4.10. The van der Waals surface area contributed by atoms with Crippen LogP contribution >= 0.6 is 0 Å². The van der Waals surface area contributed by atoms with Gasteiger partial charge in [-0.05, 0) is 83.9 Å². The molecule has 0 saturated carbocycles. The number of carbonyl (C=O) groups is 3. The van der Waals surface area contributed by atoms with Crippen molar-refractivity contribution in [3.63, 3.8) is 0 Å². The number of hydrogen-bond acceptors (Lipinski definition) is 7. The Morgan fingerprint density at radius 1 is 0.822 bits per heavy atom. The first-order chi connectivity index (χ1) is 21.6. The molecule has 0 aliphatic carbocycles. The number of sulfonamides is 1. The van der Waals surface area contributed by atoms with Crippen LogP contribution < -0.4 is 20.8 Å². The Morgan fingerprint density at radius 2 is 1.44 bits per heavy atom. The predicted octanol–water partition coefficient (Wildman–Crippen LogP) is 4.14. The Balaban J connectivity index is 1.34. The maximum atomic E-state index is 13.5. The van der Waals surface area contributed by atoms with Crippen LogP contribution in [0.4, 0.5) is 15.8 Å². The predicted molar refractivity (Wildman–Crippen MR) is 167 cm³/mol. The zero-order chi connectivity index (χ0) is 32.2. The van der Waals surface area contributed by atoms with E-state index in [1.54, 1.807) is 54.6 Å². The molecule has 0 unspecified atom stereocenters. The summed E-state index contributed by atoms with van der Waals surface area (Å²) in [5.74, 6) is -1.36. The van der Waals surface area contributed by atoms with Gasteiger partial charge in [-0.2, -0.15) is 9.41 Å². The van der Waals surface area contributed by atoms with Crippen LogP contribution in [0.3, 0.4) is 0 Å². The van der Waals surface area contributed by atoms with Gasteiger partial charge in [0, 0.05) is 24.8 Å². The van der Waals surface area contributed by atoms with Gasteiger partial charge in [0.25, 0.3) is 11.8 Å². The van der Waals surface area contributed by atoms with Gasteiger partial charge in [0.2, 0.25) is 15.9 Å². The van der Waals surface area contributed by atoms with Gasteiger partial charge in [0.05, 0.1) is 17.7 Å². The van der Waals surface area contributed by atoms with Crippen molar-refractivity contribution in [3.05, 3.63) is 120 Å². The molecule has 0 aliphatic rings. The quantitative estimate of drug-likeness (QED) is 0.149. The van der Waals surface area contributed by atoms with E-state index in [0.717, 1.165) is 4.31 Å². The van der Waals surface area contributed by atoms with Gasteiger partial charge in [-0.25, -0.2) is 18.2 Å². The molecule has 4 aromatic carbocycles. The van der Waals surface area contributed by atoms with Gasteiger partial charge < -0.3 is 15.4 Å². The summed E-state index contributed by atoms with van der Waals surface area (Å²) in [6.07, 6.45) is 1.37. The first-order valence-corrected chi connectivity index (χ1v) is 15.0. The second-order valence-corrected chi connectivity index (χ2v) is 11.6. The maximum absolute atomic E-state index is 13.5. The summed E-state index contributed by atoms with van der Waals surface area (Å²) in [6.45, 7) is 0.522. The molecule has 0 spiro atoms. The van der Waals surface area contributed by atoms with Gasteiger partial charge in [0.15, 0.2) is 6.61 Å². The van der Waals surface area contributed by atoms with Gasteiger partial charge in [-0.3, -0.25) is 14.4 Å². The molecule has 0 fully saturated rings. The SMILES string of the molecule is CC(=O)Nc1ccc(S(=O)(=O)N(CC(=O)N/N=C/c2ccc(OCC(=O)Nc3ccc(F)cc3)cc2)Cc2ccccc2)cc1. The molecule has 13 heteroatoms. The minimum atomic E-state index is -4.10. The van der Waals surface area contributed by atoms with Crippen LogP contribution in [-0.2, 0) is 31.0 Å². The average molecular weight is 632 g/mol. The van der Waals surface area contributed by atoms with Gasteiger partial charge in [-0.15, -0.1) is 0 Å². The lowest BCUT2D eigenvalue weighted by atomic mass is 10.2. The summed E-state index contributed by atoms with van der Waals surface area (Å²) in [4.78, 5) is 36.1. The Labute approximate surface area is 259 Å². The fourth-order valence-corrected chi connectivity index (χ4v) is 5.36. The topological polar surface area (TPSA) is 146 Å². The summed E-state index contributed by atoms with van der Waals surface area (Å²) < 4.78 is 46.5. The number of hydrazone groups is 1. The van der Waals surface area contributed by atoms with E-state index in [4.69, 9.17) is 4.74 Å². The van der Waals surface area contributed by atoms with Crippen LogP contribution in [0, 0.1) is 5.82 Å². The number of ether oxygens (including phenoxy) is 1. The van der Waals surface area contributed by atoms with Gasteiger partial charge in [0.1, 0.15) is 11.6 Å². The third-order valence-corrected chi connectivity index (χ3v) is 7.92. The molecule has 3 N–H and O–H groups in total. The lowest BCUT2D eigenvalue weighted by Gasteiger charge is -2.21. The molecule has 0 heterocycles. The molecule has 11 nitrogen and oxygen atoms in total. The molecule has 4 rings (SSSR count). The summed E-state index contributed by atoms with van der Waals surface area (Å²) in [5.41, 5.74) is 4.52. The van der Waals surface area contributed by atoms with E-state index in [2.05, 4.69) is 21.2 Å². The van der Waals surface area contributed by atoms with E-state index >= 15 is 0 Å². The Bertz CT molecular complexity index is 1750. The van der Waals surface area contributed by atoms with Crippen LogP contribution in [0.15, 0.2) is 113 Å². The second kappa shape index (κ2) is 15.4. The third kappa shape index (κ3) is 10.1. The minimum absolute atomic E-state index is 0.0425. The van der Waals surface area contributed by atoms with E-state index < -0.39 is 34.2 Å². The number of amides is 3. The number of hydrogen-bond donors (Lipinski definition) is 3. The number of halogens is 1. The van der Waals surface area contributed by atoms with E-state index in [1.165, 1.54) is 61.7 Å². The number of rotatable bonds is 13. The molecule has 3 amide bonds. The molecule has 0 radical (unpaired) electrons. The lowest BCUT2D eigenvalue weighted by molar-refractivity contribution is -0.121. The first-order valence-electron chi connectivity index (χ1n) is 13.6. The van der Waals surface area contributed by atoms with Crippen molar-refractivity contribution in [3.8, 4) is 5.75 Å². The second-order valence-electron chi connectivity index (χ2n) is 9.67. The summed E-state index contributed by atoms with van der Waals surface area (Å²) in [6, 6.07) is 26.4. The zero-order valence-corrected chi connectivity index (χ0v) is 25.0. The van der Waals surface area contributed by atoms with Crippen LogP contribution in [0.5, 0.6) is 5.75 Å². The number of benzene rings is 4. The van der Waals surface area contributed by atoms with Gasteiger partial charge >= 0.3 is 0 Å². The standard InChI is InChI=1S/C32H30FN5O6S/c1-23(39)35-27-13-17-30(18-14-27)45(42,43)38(20-25-5-3-2-4-6-25)21-31(40)37-34-19-24-7-15-29(16-8-24)44-22-32(41)36-28-11-9-26(33)10-12-28/h2-19H,20-22H2,1H3,(H,35,39)(H,36,41)(H,37,40)/b34-19+. The maximum Gasteiger partial charge on any atom is 0.262 e. The van der Waals surface area contributed by atoms with E-state index in [1.807, 2.05) is 0 Å². The smallest absolute Gasteiger partial charge is 0.262 e. The van der Waals surface area contributed by atoms with Crippen molar-refractivity contribution < 1.29 is 31.9 Å². The van der Waals surface area contributed by atoms with Crippen LogP contribution in [0.1, 0.15) is 18.1 Å². The Kier molecular flexibility index (Phi) is 11.1. The van der Waals surface area contributed by atoms with Crippen LogP contribution in [0.25, 0.3) is 0 Å². The molecule has 0 aromatic heterocycles. The molecule has 0 saturated heterocycles. The van der Waals surface area contributed by atoms with Crippen LogP contribution in [0.2, 0.25) is 0 Å². The highest BCUT2D eigenvalue weighted by atomic mass is 32.2. The number of nitrogens with one attached hydrogen (secondary N) is 3. The molecule has 0 bridgehead atoms. The largest absolute Gasteiger partial charge is 0.484 e. The van der Waals surface area contributed by atoms with E-state index in [0.29, 0.717) is 28.3 Å². The Morgan fingerprint density at radius 3 is 2.09 bits per heavy atom. The molecule has 232 valence electrons. The van der Waals surface area contributed by atoms with Crippen molar-refractivity contribution in [2.75, 3.05) is 23.8 Å². The first kappa shape index (κ1) is 32.5. The highest BCUT2D eigenvalue weighted by Crippen LogP contribution is 2.21. The molecular weight excluding hydrogens is 601 g/mol. The molecule has 45 heavy (non-hydrogen) atoms. The van der Waals surface area contributed by atoms with Crippen LogP contribution in [-0.4, -0.2) is 49.8 Å². The summed E-state index contributed by atoms with van der Waals surface area (Å²) in [5, 5.41) is 9.12. The fourth-order valence-electron chi connectivity index (χ4n) is 3.98. The third-order valence-electron chi connectivity index (χ3n) is 6.12.